The van der Waals surface area contributed by atoms with E-state index in [4.69, 9.17) is 5.73 Å². The first-order valence-corrected chi connectivity index (χ1v) is 7.21. The second kappa shape index (κ2) is 5.21. The quantitative estimate of drug-likeness (QED) is 0.900. The van der Waals surface area contributed by atoms with Crippen LogP contribution in [0.25, 0.3) is 5.65 Å². The van der Waals surface area contributed by atoms with Gasteiger partial charge in [0, 0.05) is 32.0 Å². The highest BCUT2D eigenvalue weighted by Crippen LogP contribution is 2.23. The number of nitrogens with zero attached hydrogens (tertiary/aromatic N) is 3. The van der Waals surface area contributed by atoms with E-state index in [2.05, 4.69) is 33.5 Å². The van der Waals surface area contributed by atoms with E-state index in [1.807, 2.05) is 6.20 Å². The molecule has 1 aliphatic rings. The van der Waals surface area contributed by atoms with E-state index in [1.165, 1.54) is 50.0 Å². The van der Waals surface area contributed by atoms with Gasteiger partial charge in [0.2, 0.25) is 0 Å². The first kappa shape index (κ1) is 12.5. The number of nitrogens with two attached hydrogens (primary N) is 1. The lowest BCUT2D eigenvalue weighted by Gasteiger charge is -2.23. The summed E-state index contributed by atoms with van der Waals surface area (Å²) in [7, 11) is 0. The van der Waals surface area contributed by atoms with Crippen molar-refractivity contribution in [3.05, 3.63) is 29.7 Å². The smallest absolute Gasteiger partial charge is 0.140 e. The molecule has 19 heavy (non-hydrogen) atoms. The Kier molecular flexibility index (Phi) is 3.42. The van der Waals surface area contributed by atoms with Gasteiger partial charge in [0.1, 0.15) is 5.65 Å². The maximum Gasteiger partial charge on any atom is 0.140 e. The van der Waals surface area contributed by atoms with Gasteiger partial charge in [-0.2, -0.15) is 0 Å². The molecule has 0 radical (unpaired) electrons. The Morgan fingerprint density at radius 3 is 2.58 bits per heavy atom. The molecular formula is C15H22N4. The van der Waals surface area contributed by atoms with E-state index in [0.717, 1.165) is 11.3 Å². The van der Waals surface area contributed by atoms with Gasteiger partial charge in [-0.25, -0.2) is 4.98 Å². The fourth-order valence-corrected chi connectivity index (χ4v) is 2.90. The monoisotopic (exact) mass is 258 g/mol. The predicted molar refractivity (Wildman–Crippen MR) is 78.5 cm³/mol. The molecule has 0 saturated carbocycles. The number of hydrogen-bond donors (Lipinski definition) is 1. The number of hydrogen-bond acceptors (Lipinski definition) is 3. The number of pyridine rings is 1. The maximum atomic E-state index is 5.68. The summed E-state index contributed by atoms with van der Waals surface area (Å²) in [4.78, 5) is 7.06. The normalized spacial score (nSPS) is 16.8. The molecule has 2 N–H and O–H groups in total. The van der Waals surface area contributed by atoms with Gasteiger partial charge in [-0.05, 0) is 31.4 Å². The maximum absolute atomic E-state index is 5.68. The van der Waals surface area contributed by atoms with Crippen LogP contribution in [0.3, 0.4) is 0 Å². The van der Waals surface area contributed by atoms with E-state index >= 15 is 0 Å². The van der Waals surface area contributed by atoms with Gasteiger partial charge in [-0.15, -0.1) is 0 Å². The van der Waals surface area contributed by atoms with Crippen molar-refractivity contribution in [2.24, 2.45) is 5.73 Å². The van der Waals surface area contributed by atoms with Crippen molar-refractivity contribution >= 4 is 11.3 Å². The van der Waals surface area contributed by atoms with E-state index in [-0.39, 0.29) is 0 Å². The van der Waals surface area contributed by atoms with Crippen LogP contribution in [0.5, 0.6) is 0 Å². The number of anilines is 1. The van der Waals surface area contributed by atoms with E-state index < -0.39 is 0 Å². The molecule has 2 aromatic rings. The van der Waals surface area contributed by atoms with Gasteiger partial charge in [0.15, 0.2) is 0 Å². The summed E-state index contributed by atoms with van der Waals surface area (Å²) in [5.74, 6) is 0. The van der Waals surface area contributed by atoms with Crippen LogP contribution in [-0.2, 0) is 6.54 Å². The lowest BCUT2D eigenvalue weighted by atomic mass is 10.2. The number of imidazole rings is 1. The fraction of sp³-hybridized carbons (Fsp3) is 0.533. The molecule has 1 aliphatic heterocycles. The molecular weight excluding hydrogens is 236 g/mol. The van der Waals surface area contributed by atoms with Crippen LogP contribution in [0.15, 0.2) is 18.5 Å². The largest absolute Gasteiger partial charge is 0.370 e. The third kappa shape index (κ3) is 2.45. The molecule has 102 valence electrons. The van der Waals surface area contributed by atoms with Crippen LogP contribution in [0.2, 0.25) is 0 Å². The van der Waals surface area contributed by atoms with Gasteiger partial charge in [-0.1, -0.05) is 12.8 Å². The highest BCUT2D eigenvalue weighted by Gasteiger charge is 2.12. The summed E-state index contributed by atoms with van der Waals surface area (Å²) in [6, 6.07) is 2.26. The van der Waals surface area contributed by atoms with Crippen molar-refractivity contribution in [1.29, 1.82) is 0 Å². The standard InChI is InChI=1S/C15H22N4/c1-12-8-14(18-6-4-2-3-5-7-18)11-19-10-13(9-16)17-15(12)19/h8,10-11H,2-7,9,16H2,1H3. The summed E-state index contributed by atoms with van der Waals surface area (Å²) in [5, 5.41) is 0. The van der Waals surface area contributed by atoms with E-state index in [9.17, 15) is 0 Å². The third-order valence-electron chi connectivity index (χ3n) is 3.95. The van der Waals surface area contributed by atoms with Gasteiger partial charge < -0.3 is 15.0 Å². The topological polar surface area (TPSA) is 46.6 Å². The Hall–Kier alpha value is -1.55. The zero-order valence-electron chi connectivity index (χ0n) is 11.6. The Balaban J connectivity index is 1.99. The van der Waals surface area contributed by atoms with Gasteiger partial charge in [0.25, 0.3) is 0 Å². The van der Waals surface area contributed by atoms with Crippen molar-refractivity contribution in [3.8, 4) is 0 Å². The Morgan fingerprint density at radius 1 is 1.16 bits per heavy atom. The van der Waals surface area contributed by atoms with Crippen LogP contribution >= 0.6 is 0 Å². The first-order chi connectivity index (χ1) is 9.28. The molecule has 0 spiro atoms. The SMILES string of the molecule is Cc1cc(N2CCCCCC2)cn2cc(CN)nc12. The van der Waals surface area contributed by atoms with Gasteiger partial charge in [0.05, 0.1) is 11.4 Å². The molecule has 4 nitrogen and oxygen atoms in total. The zero-order chi connectivity index (χ0) is 13.2. The Morgan fingerprint density at radius 2 is 1.89 bits per heavy atom. The third-order valence-corrected chi connectivity index (χ3v) is 3.95. The lowest BCUT2D eigenvalue weighted by molar-refractivity contribution is 0.726. The molecule has 3 rings (SSSR count). The molecule has 0 atom stereocenters. The second-order valence-electron chi connectivity index (χ2n) is 5.45. The first-order valence-electron chi connectivity index (χ1n) is 7.21. The molecule has 1 saturated heterocycles. The fourth-order valence-electron chi connectivity index (χ4n) is 2.90. The minimum absolute atomic E-state index is 0.500. The van der Waals surface area contributed by atoms with Gasteiger partial charge >= 0.3 is 0 Å². The molecule has 0 aliphatic carbocycles. The number of rotatable bonds is 2. The minimum atomic E-state index is 0.500. The summed E-state index contributed by atoms with van der Waals surface area (Å²) < 4.78 is 2.12. The van der Waals surface area contributed by atoms with Gasteiger partial charge in [-0.3, -0.25) is 0 Å². The van der Waals surface area contributed by atoms with Crippen LogP contribution < -0.4 is 10.6 Å². The number of aryl methyl sites for hydroxylation is 1. The van der Waals surface area contributed by atoms with Crippen molar-refractivity contribution in [2.75, 3.05) is 18.0 Å². The molecule has 1 fully saturated rings. The Bertz CT molecular complexity index is 565. The summed E-state index contributed by atoms with van der Waals surface area (Å²) in [6.45, 7) is 4.97. The predicted octanol–water partition coefficient (Wildman–Crippen LogP) is 2.48. The van der Waals surface area contributed by atoms with E-state index in [1.54, 1.807) is 0 Å². The molecule has 2 aromatic heterocycles. The van der Waals surface area contributed by atoms with Crippen molar-refractivity contribution in [2.45, 2.75) is 39.2 Å². The summed E-state index contributed by atoms with van der Waals surface area (Å²) in [6.07, 6.45) is 9.56. The molecule has 0 amide bonds. The van der Waals surface area contributed by atoms with Crippen LogP contribution in [0.1, 0.15) is 36.9 Å². The average molecular weight is 258 g/mol. The van der Waals surface area contributed by atoms with Crippen molar-refractivity contribution < 1.29 is 0 Å². The number of aromatic nitrogens is 2. The number of fused-ring (bicyclic) bond motifs is 1. The lowest BCUT2D eigenvalue weighted by Crippen LogP contribution is -2.24. The van der Waals surface area contributed by atoms with Crippen LogP contribution in [0, 0.1) is 6.92 Å². The zero-order valence-corrected chi connectivity index (χ0v) is 11.6. The highest BCUT2D eigenvalue weighted by molar-refractivity contribution is 5.58. The van der Waals surface area contributed by atoms with Crippen LogP contribution in [0.4, 0.5) is 5.69 Å². The van der Waals surface area contributed by atoms with E-state index in [0.29, 0.717) is 6.54 Å². The second-order valence-corrected chi connectivity index (χ2v) is 5.45. The Labute approximate surface area is 114 Å². The molecule has 4 heteroatoms. The molecule has 0 aromatic carbocycles. The van der Waals surface area contributed by atoms with Crippen molar-refractivity contribution in [3.63, 3.8) is 0 Å². The summed E-state index contributed by atoms with van der Waals surface area (Å²) in [5.41, 5.74) is 10.2. The molecule has 0 bridgehead atoms. The highest BCUT2D eigenvalue weighted by atomic mass is 15.1. The van der Waals surface area contributed by atoms with Crippen LogP contribution in [-0.4, -0.2) is 22.5 Å². The molecule has 0 unspecified atom stereocenters. The summed E-state index contributed by atoms with van der Waals surface area (Å²) >= 11 is 0. The van der Waals surface area contributed by atoms with Crippen molar-refractivity contribution in [1.82, 2.24) is 9.38 Å². The molecule has 3 heterocycles. The minimum Gasteiger partial charge on any atom is -0.370 e. The average Bonchev–Trinajstić information content (AvgIpc) is 2.65.